The molecular weight excluding hydrogens is 293 g/mol. The summed E-state index contributed by atoms with van der Waals surface area (Å²) < 4.78 is 39.5. The number of nitrogen functional groups attached to an aromatic ring is 2. The Morgan fingerprint density at radius 3 is 2.45 bits per heavy atom. The quantitative estimate of drug-likeness (QED) is 0.675. The number of fused-ring (bicyclic) bond motifs is 1. The summed E-state index contributed by atoms with van der Waals surface area (Å²) >= 11 is 0. The lowest BCUT2D eigenvalue weighted by atomic mass is 9.97. The van der Waals surface area contributed by atoms with Crippen LogP contribution in [0.25, 0.3) is 22.0 Å². The Morgan fingerprint density at radius 2 is 1.73 bits per heavy atom. The highest BCUT2D eigenvalue weighted by Crippen LogP contribution is 2.38. The van der Waals surface area contributed by atoms with Crippen molar-refractivity contribution in [1.29, 1.82) is 0 Å². The first kappa shape index (κ1) is 14.1. The molecule has 22 heavy (non-hydrogen) atoms. The summed E-state index contributed by atoms with van der Waals surface area (Å²) in [5.74, 6) is 0.111. The average Bonchev–Trinajstić information content (AvgIpc) is 2.45. The van der Waals surface area contributed by atoms with E-state index in [9.17, 15) is 13.2 Å². The van der Waals surface area contributed by atoms with Gasteiger partial charge in [0.25, 0.3) is 0 Å². The summed E-state index contributed by atoms with van der Waals surface area (Å²) in [6.07, 6.45) is -2.99. The van der Waals surface area contributed by atoms with E-state index >= 15 is 0 Å². The van der Waals surface area contributed by atoms with Crippen LogP contribution in [-0.4, -0.2) is 9.97 Å². The average molecular weight is 304 g/mol. The molecule has 0 fully saturated rings. The molecule has 0 saturated heterocycles. The van der Waals surface area contributed by atoms with Gasteiger partial charge in [-0.05, 0) is 41.5 Å². The number of anilines is 2. The highest BCUT2D eigenvalue weighted by Gasteiger charge is 2.33. The molecule has 112 valence electrons. The van der Waals surface area contributed by atoms with Crippen LogP contribution in [0.4, 0.5) is 24.8 Å². The molecule has 3 rings (SSSR count). The lowest BCUT2D eigenvalue weighted by Crippen LogP contribution is -2.07. The van der Waals surface area contributed by atoms with Gasteiger partial charge in [0.05, 0.1) is 11.1 Å². The summed E-state index contributed by atoms with van der Waals surface area (Å²) in [5, 5.41) is 0.599. The predicted molar refractivity (Wildman–Crippen MR) is 78.8 cm³/mol. The van der Waals surface area contributed by atoms with Crippen LogP contribution in [0.3, 0.4) is 0 Å². The number of rotatable bonds is 1. The van der Waals surface area contributed by atoms with Crippen molar-refractivity contribution in [2.24, 2.45) is 0 Å². The zero-order valence-electron chi connectivity index (χ0n) is 11.2. The largest absolute Gasteiger partial charge is 0.417 e. The molecule has 0 saturated carbocycles. The standard InChI is InChI=1S/C15H11F3N4/c16-15(17,18)12-3-2-10(19)6-11(12)8-1-4-13-9(5-8)7-21-14(20)22-13/h1-7H,19H2,(H2,20,21,22). The van der Waals surface area contributed by atoms with Crippen LogP contribution >= 0.6 is 0 Å². The van der Waals surface area contributed by atoms with E-state index in [-0.39, 0.29) is 17.2 Å². The minimum absolute atomic E-state index is 0.0197. The van der Waals surface area contributed by atoms with Gasteiger partial charge in [0, 0.05) is 17.3 Å². The fourth-order valence-corrected chi connectivity index (χ4v) is 2.26. The van der Waals surface area contributed by atoms with E-state index < -0.39 is 11.7 Å². The van der Waals surface area contributed by atoms with Crippen molar-refractivity contribution in [3.05, 3.63) is 48.2 Å². The van der Waals surface area contributed by atoms with Gasteiger partial charge in [0.15, 0.2) is 0 Å². The SMILES string of the molecule is Nc1ccc(C(F)(F)F)c(-c2ccc3nc(N)ncc3c2)c1. The van der Waals surface area contributed by atoms with E-state index in [2.05, 4.69) is 9.97 Å². The Hall–Kier alpha value is -2.83. The van der Waals surface area contributed by atoms with Crippen LogP contribution in [0.1, 0.15) is 5.56 Å². The van der Waals surface area contributed by atoms with Crippen LogP contribution in [0.5, 0.6) is 0 Å². The van der Waals surface area contributed by atoms with Gasteiger partial charge in [-0.2, -0.15) is 13.2 Å². The fraction of sp³-hybridized carbons (Fsp3) is 0.0667. The first-order valence-electron chi connectivity index (χ1n) is 6.34. The third-order valence-electron chi connectivity index (χ3n) is 3.26. The highest BCUT2D eigenvalue weighted by molar-refractivity contribution is 5.85. The fourth-order valence-electron chi connectivity index (χ4n) is 2.26. The normalized spacial score (nSPS) is 11.8. The molecule has 2 aromatic carbocycles. The van der Waals surface area contributed by atoms with Crippen LogP contribution in [0.15, 0.2) is 42.6 Å². The number of benzene rings is 2. The third-order valence-corrected chi connectivity index (χ3v) is 3.26. The van der Waals surface area contributed by atoms with E-state index in [1.807, 2.05) is 0 Å². The summed E-state index contributed by atoms with van der Waals surface area (Å²) in [4.78, 5) is 7.87. The monoisotopic (exact) mass is 304 g/mol. The van der Waals surface area contributed by atoms with Gasteiger partial charge >= 0.3 is 6.18 Å². The zero-order chi connectivity index (χ0) is 15.9. The Balaban J connectivity index is 2.23. The smallest absolute Gasteiger partial charge is 0.399 e. The minimum Gasteiger partial charge on any atom is -0.399 e. The second-order valence-electron chi connectivity index (χ2n) is 4.80. The Labute approximate surface area is 123 Å². The van der Waals surface area contributed by atoms with Crippen molar-refractivity contribution < 1.29 is 13.2 Å². The number of hydrogen-bond donors (Lipinski definition) is 2. The first-order valence-corrected chi connectivity index (χ1v) is 6.34. The molecule has 0 aliphatic rings. The maximum atomic E-state index is 13.2. The summed E-state index contributed by atoms with van der Waals surface area (Å²) in [5.41, 5.74) is 11.6. The van der Waals surface area contributed by atoms with E-state index in [1.54, 1.807) is 18.2 Å². The maximum absolute atomic E-state index is 13.2. The molecule has 0 amide bonds. The minimum atomic E-state index is -4.46. The second-order valence-corrected chi connectivity index (χ2v) is 4.80. The Kier molecular flexibility index (Phi) is 3.13. The molecule has 0 aliphatic carbocycles. The lowest BCUT2D eigenvalue weighted by molar-refractivity contribution is -0.137. The van der Waals surface area contributed by atoms with Crippen molar-refractivity contribution >= 4 is 22.5 Å². The molecule has 0 spiro atoms. The van der Waals surface area contributed by atoms with Crippen molar-refractivity contribution in [3.8, 4) is 11.1 Å². The van der Waals surface area contributed by atoms with Crippen LogP contribution in [0.2, 0.25) is 0 Å². The molecule has 3 aromatic rings. The zero-order valence-corrected chi connectivity index (χ0v) is 11.2. The maximum Gasteiger partial charge on any atom is 0.417 e. The molecule has 0 aliphatic heterocycles. The molecule has 4 N–H and O–H groups in total. The van der Waals surface area contributed by atoms with Gasteiger partial charge in [0.2, 0.25) is 5.95 Å². The van der Waals surface area contributed by atoms with Gasteiger partial charge < -0.3 is 11.5 Å². The van der Waals surface area contributed by atoms with Crippen LogP contribution in [0, 0.1) is 0 Å². The number of aromatic nitrogens is 2. The number of nitrogens with two attached hydrogens (primary N) is 2. The molecule has 1 aromatic heterocycles. The van der Waals surface area contributed by atoms with Crippen LogP contribution in [-0.2, 0) is 6.18 Å². The van der Waals surface area contributed by atoms with E-state index in [1.165, 1.54) is 18.3 Å². The summed E-state index contributed by atoms with van der Waals surface area (Å²) in [6.45, 7) is 0. The van der Waals surface area contributed by atoms with Crippen molar-refractivity contribution in [1.82, 2.24) is 9.97 Å². The molecule has 4 nitrogen and oxygen atoms in total. The van der Waals surface area contributed by atoms with Crippen molar-refractivity contribution in [3.63, 3.8) is 0 Å². The van der Waals surface area contributed by atoms with Gasteiger partial charge in [-0.15, -0.1) is 0 Å². The molecule has 0 atom stereocenters. The van der Waals surface area contributed by atoms with Crippen LogP contribution < -0.4 is 11.5 Å². The van der Waals surface area contributed by atoms with E-state index in [0.717, 1.165) is 6.07 Å². The van der Waals surface area contributed by atoms with E-state index in [4.69, 9.17) is 11.5 Å². The molecule has 0 radical (unpaired) electrons. The number of nitrogens with zero attached hydrogens (tertiary/aromatic N) is 2. The summed E-state index contributed by atoms with van der Waals surface area (Å²) in [6, 6.07) is 8.26. The third kappa shape index (κ3) is 2.52. The molecule has 0 unspecified atom stereocenters. The number of halogens is 3. The van der Waals surface area contributed by atoms with Crippen molar-refractivity contribution in [2.75, 3.05) is 11.5 Å². The van der Waals surface area contributed by atoms with Crippen molar-refractivity contribution in [2.45, 2.75) is 6.18 Å². The van der Waals surface area contributed by atoms with Gasteiger partial charge in [-0.25, -0.2) is 9.97 Å². The Morgan fingerprint density at radius 1 is 0.955 bits per heavy atom. The Bertz CT molecular complexity index is 859. The second kappa shape index (κ2) is 4.87. The molecule has 1 heterocycles. The first-order chi connectivity index (χ1) is 10.3. The predicted octanol–water partition coefficient (Wildman–Crippen LogP) is 3.48. The molecule has 7 heteroatoms. The lowest BCUT2D eigenvalue weighted by Gasteiger charge is -2.14. The topological polar surface area (TPSA) is 77.8 Å². The van der Waals surface area contributed by atoms with Gasteiger partial charge in [0.1, 0.15) is 0 Å². The highest BCUT2D eigenvalue weighted by atomic mass is 19.4. The molecule has 0 bridgehead atoms. The summed E-state index contributed by atoms with van der Waals surface area (Å²) in [7, 11) is 0. The van der Waals surface area contributed by atoms with Gasteiger partial charge in [-0.3, -0.25) is 0 Å². The number of alkyl halides is 3. The van der Waals surface area contributed by atoms with Gasteiger partial charge in [-0.1, -0.05) is 6.07 Å². The molecular formula is C15H11F3N4. The van der Waals surface area contributed by atoms with E-state index in [0.29, 0.717) is 16.5 Å². The number of hydrogen-bond acceptors (Lipinski definition) is 4.